The number of aromatic carboxylic acids is 1. The van der Waals surface area contributed by atoms with E-state index in [0.29, 0.717) is 23.3 Å². The van der Waals surface area contributed by atoms with Crippen molar-refractivity contribution in [3.05, 3.63) is 59.2 Å². The number of nitrogens with zero attached hydrogens (tertiary/aromatic N) is 4. The van der Waals surface area contributed by atoms with Gasteiger partial charge in [0.25, 0.3) is 0 Å². The summed E-state index contributed by atoms with van der Waals surface area (Å²) < 4.78 is 6.27. The van der Waals surface area contributed by atoms with Crippen LogP contribution in [0.2, 0.25) is 0 Å². The van der Waals surface area contributed by atoms with Crippen LogP contribution in [0.4, 0.5) is 5.82 Å². The predicted octanol–water partition coefficient (Wildman–Crippen LogP) is 3.10. The second-order valence-electron chi connectivity index (χ2n) is 7.72. The molecule has 0 atom stereocenters. The van der Waals surface area contributed by atoms with Crippen molar-refractivity contribution in [2.75, 3.05) is 24.6 Å². The number of carboxylic acids is 1. The summed E-state index contributed by atoms with van der Waals surface area (Å²) in [5.74, 6) is 0.527. The van der Waals surface area contributed by atoms with Crippen LogP contribution in [0.15, 0.2) is 36.5 Å². The van der Waals surface area contributed by atoms with E-state index in [9.17, 15) is 9.90 Å². The minimum atomic E-state index is -0.935. The third kappa shape index (κ3) is 3.02. The number of fused-ring (bicyclic) bond motifs is 3. The third-order valence-corrected chi connectivity index (χ3v) is 5.99. The average molecular weight is 390 g/mol. The van der Waals surface area contributed by atoms with Crippen molar-refractivity contribution < 1.29 is 14.6 Å². The zero-order valence-electron chi connectivity index (χ0n) is 16.3. The van der Waals surface area contributed by atoms with Gasteiger partial charge in [0.2, 0.25) is 0 Å². The number of anilines is 1. The lowest BCUT2D eigenvalue weighted by molar-refractivity contribution is -0.0803. The van der Waals surface area contributed by atoms with Gasteiger partial charge in [0.1, 0.15) is 17.2 Å². The van der Waals surface area contributed by atoms with Crippen molar-refractivity contribution in [2.24, 2.45) is 0 Å². The van der Waals surface area contributed by atoms with Crippen molar-refractivity contribution >= 4 is 22.7 Å². The minimum absolute atomic E-state index is 0.286. The SMILES string of the molecule is Cc1ncc2c(n1)C1(CCN(c3cc(C(=O)O)c4ccccc4n3)CC1)OCC2. The molecular weight excluding hydrogens is 368 g/mol. The van der Waals surface area contributed by atoms with Gasteiger partial charge >= 0.3 is 5.97 Å². The summed E-state index contributed by atoms with van der Waals surface area (Å²) in [6.45, 7) is 4.04. The highest BCUT2D eigenvalue weighted by atomic mass is 16.5. The van der Waals surface area contributed by atoms with Crippen LogP contribution in [0.3, 0.4) is 0 Å². The molecular formula is C22H22N4O3. The molecule has 2 aromatic heterocycles. The first-order chi connectivity index (χ1) is 14.1. The van der Waals surface area contributed by atoms with Crippen molar-refractivity contribution in [1.82, 2.24) is 15.0 Å². The molecule has 1 aromatic carbocycles. The Labute approximate surface area is 168 Å². The van der Waals surface area contributed by atoms with Gasteiger partial charge in [-0.3, -0.25) is 0 Å². The Balaban J connectivity index is 1.46. The average Bonchev–Trinajstić information content (AvgIpc) is 2.74. The van der Waals surface area contributed by atoms with Gasteiger partial charge in [-0.05, 0) is 43.9 Å². The molecule has 0 radical (unpaired) electrons. The summed E-state index contributed by atoms with van der Waals surface area (Å²) in [7, 11) is 0. The van der Waals surface area contributed by atoms with Crippen LogP contribution < -0.4 is 4.90 Å². The van der Waals surface area contributed by atoms with E-state index in [0.717, 1.165) is 43.9 Å². The fraction of sp³-hybridized carbons (Fsp3) is 0.364. The molecule has 0 unspecified atom stereocenters. The normalized spacial score (nSPS) is 18.0. The first-order valence-electron chi connectivity index (χ1n) is 9.91. The minimum Gasteiger partial charge on any atom is -0.478 e. The molecule has 1 fully saturated rings. The smallest absolute Gasteiger partial charge is 0.336 e. The first-order valence-corrected chi connectivity index (χ1v) is 9.91. The first kappa shape index (κ1) is 18.0. The molecule has 1 spiro atoms. The van der Waals surface area contributed by atoms with Gasteiger partial charge in [0.05, 0.1) is 23.4 Å². The van der Waals surface area contributed by atoms with Gasteiger partial charge in [0.15, 0.2) is 0 Å². The number of rotatable bonds is 2. The molecule has 148 valence electrons. The molecule has 4 heterocycles. The highest BCUT2D eigenvalue weighted by Crippen LogP contribution is 2.41. The molecule has 2 aliphatic rings. The zero-order valence-corrected chi connectivity index (χ0v) is 16.3. The molecule has 29 heavy (non-hydrogen) atoms. The largest absolute Gasteiger partial charge is 0.478 e. The Morgan fingerprint density at radius 1 is 1.21 bits per heavy atom. The van der Waals surface area contributed by atoms with Gasteiger partial charge in [-0.2, -0.15) is 0 Å². The van der Waals surface area contributed by atoms with Gasteiger partial charge in [0, 0.05) is 24.7 Å². The lowest BCUT2D eigenvalue weighted by atomic mass is 9.83. The fourth-order valence-corrected chi connectivity index (χ4v) is 4.48. The lowest BCUT2D eigenvalue weighted by Crippen LogP contribution is -2.47. The second-order valence-corrected chi connectivity index (χ2v) is 7.72. The van der Waals surface area contributed by atoms with Crippen molar-refractivity contribution in [2.45, 2.75) is 31.8 Å². The Morgan fingerprint density at radius 3 is 2.79 bits per heavy atom. The Morgan fingerprint density at radius 2 is 2.00 bits per heavy atom. The number of ether oxygens (including phenoxy) is 1. The summed E-state index contributed by atoms with van der Waals surface area (Å²) in [4.78, 5) is 27.7. The van der Waals surface area contributed by atoms with E-state index in [1.807, 2.05) is 31.3 Å². The Bertz CT molecular complexity index is 1110. The van der Waals surface area contributed by atoms with Crippen LogP contribution in [-0.4, -0.2) is 45.7 Å². The number of para-hydroxylation sites is 1. The highest BCUT2D eigenvalue weighted by Gasteiger charge is 2.42. The molecule has 2 aliphatic heterocycles. The maximum atomic E-state index is 11.8. The van der Waals surface area contributed by atoms with Gasteiger partial charge in [-0.1, -0.05) is 18.2 Å². The molecule has 5 rings (SSSR count). The molecule has 3 aromatic rings. The van der Waals surface area contributed by atoms with Crippen molar-refractivity contribution in [1.29, 1.82) is 0 Å². The molecule has 0 bridgehead atoms. The lowest BCUT2D eigenvalue weighted by Gasteiger charge is -2.44. The number of carboxylic acid groups (broad SMARTS) is 1. The van der Waals surface area contributed by atoms with E-state index in [2.05, 4.69) is 9.88 Å². The topological polar surface area (TPSA) is 88.4 Å². The maximum Gasteiger partial charge on any atom is 0.336 e. The van der Waals surface area contributed by atoms with E-state index in [1.54, 1.807) is 12.1 Å². The van der Waals surface area contributed by atoms with Gasteiger partial charge in [-0.25, -0.2) is 19.7 Å². The number of pyridine rings is 1. The number of piperidine rings is 1. The van der Waals surface area contributed by atoms with Crippen molar-refractivity contribution in [3.63, 3.8) is 0 Å². The van der Waals surface area contributed by atoms with Crippen LogP contribution in [0, 0.1) is 6.92 Å². The summed E-state index contributed by atoms with van der Waals surface area (Å²) in [6, 6.07) is 9.06. The predicted molar refractivity (Wildman–Crippen MR) is 108 cm³/mol. The number of aryl methyl sites for hydroxylation is 1. The van der Waals surface area contributed by atoms with Crippen LogP contribution in [0.5, 0.6) is 0 Å². The van der Waals surface area contributed by atoms with E-state index >= 15 is 0 Å². The molecule has 0 aliphatic carbocycles. The quantitative estimate of drug-likeness (QED) is 0.719. The van der Waals surface area contributed by atoms with E-state index < -0.39 is 5.97 Å². The monoisotopic (exact) mass is 390 g/mol. The number of carbonyl (C=O) groups is 1. The number of hydrogen-bond acceptors (Lipinski definition) is 6. The standard InChI is InChI=1S/C22H22N4O3/c1-14-23-13-15-6-11-29-22(20(15)24-14)7-9-26(10-8-22)19-12-17(21(27)28)16-4-2-3-5-18(16)25-19/h2-5,12-13H,6-11H2,1H3,(H,27,28). The van der Waals surface area contributed by atoms with Crippen LogP contribution in [0.1, 0.15) is 40.3 Å². The van der Waals surface area contributed by atoms with E-state index in [1.165, 1.54) is 5.56 Å². The maximum absolute atomic E-state index is 11.8. The van der Waals surface area contributed by atoms with Crippen LogP contribution in [0.25, 0.3) is 10.9 Å². The number of hydrogen-bond donors (Lipinski definition) is 1. The molecule has 0 amide bonds. The summed E-state index contributed by atoms with van der Waals surface area (Å²) >= 11 is 0. The number of aromatic nitrogens is 3. The van der Waals surface area contributed by atoms with E-state index in [-0.39, 0.29) is 11.2 Å². The molecule has 7 nitrogen and oxygen atoms in total. The Hall–Kier alpha value is -3.06. The molecule has 7 heteroatoms. The molecule has 0 saturated carbocycles. The third-order valence-electron chi connectivity index (χ3n) is 5.99. The summed E-state index contributed by atoms with van der Waals surface area (Å²) in [5, 5.41) is 10.3. The van der Waals surface area contributed by atoms with Gasteiger partial charge < -0.3 is 14.7 Å². The van der Waals surface area contributed by atoms with Crippen molar-refractivity contribution in [3.8, 4) is 0 Å². The second kappa shape index (κ2) is 6.77. The summed E-state index contributed by atoms with van der Waals surface area (Å²) in [6.07, 6.45) is 4.34. The Kier molecular flexibility index (Phi) is 4.20. The highest BCUT2D eigenvalue weighted by molar-refractivity contribution is 6.03. The fourth-order valence-electron chi connectivity index (χ4n) is 4.48. The zero-order chi connectivity index (χ0) is 20.0. The van der Waals surface area contributed by atoms with Gasteiger partial charge in [-0.15, -0.1) is 0 Å². The molecule has 1 N–H and O–H groups in total. The summed E-state index contributed by atoms with van der Waals surface area (Å²) in [5.41, 5.74) is 2.80. The van der Waals surface area contributed by atoms with E-state index in [4.69, 9.17) is 14.7 Å². The molecule has 1 saturated heterocycles. The van der Waals surface area contributed by atoms with Crippen LogP contribution in [-0.2, 0) is 16.8 Å². The van der Waals surface area contributed by atoms with Crippen LogP contribution >= 0.6 is 0 Å². The number of benzene rings is 1.